The minimum absolute atomic E-state index is 0.00409. The molecule has 148 valence electrons. The van der Waals surface area contributed by atoms with Crippen LogP contribution >= 0.6 is 0 Å². The number of azo groups is 1. The molecule has 0 aromatic heterocycles. The predicted molar refractivity (Wildman–Crippen MR) is 124 cm³/mol. The van der Waals surface area contributed by atoms with E-state index in [-0.39, 0.29) is 12.1 Å². The van der Waals surface area contributed by atoms with Gasteiger partial charge in [0.2, 0.25) is 0 Å². The number of nitrogens with zero attached hydrogens (tertiary/aromatic N) is 2. The summed E-state index contributed by atoms with van der Waals surface area (Å²) in [6, 6.07) is 42.0. The van der Waals surface area contributed by atoms with Crippen molar-refractivity contribution in [1.29, 1.82) is 0 Å². The maximum Gasteiger partial charge on any atom is 0.0998 e. The maximum absolute atomic E-state index is 4.89. The SMILES string of the molecule is c1ccc(CC(N=NC(Cc2ccccc2)c2ccccc2)c2ccccc2)cc1. The molecule has 4 aromatic rings. The first-order chi connectivity index (χ1) is 14.9. The first kappa shape index (κ1) is 19.8. The Balaban J connectivity index is 1.63. The second-order valence-corrected chi connectivity index (χ2v) is 7.46. The molecule has 2 heteroatoms. The zero-order valence-corrected chi connectivity index (χ0v) is 17.0. The Labute approximate surface area is 179 Å². The Morgan fingerprint density at radius 2 is 0.700 bits per heavy atom. The van der Waals surface area contributed by atoms with Gasteiger partial charge in [0, 0.05) is 12.8 Å². The fourth-order valence-corrected chi connectivity index (χ4v) is 3.64. The zero-order chi connectivity index (χ0) is 20.4. The molecule has 4 rings (SSSR count). The summed E-state index contributed by atoms with van der Waals surface area (Å²) in [6.07, 6.45) is 1.67. The molecule has 0 N–H and O–H groups in total. The molecule has 0 amide bonds. The Morgan fingerprint density at radius 3 is 1.03 bits per heavy atom. The van der Waals surface area contributed by atoms with E-state index in [1.807, 2.05) is 24.3 Å². The smallest absolute Gasteiger partial charge is 0.0998 e. The highest BCUT2D eigenvalue weighted by molar-refractivity contribution is 5.25. The Morgan fingerprint density at radius 1 is 0.400 bits per heavy atom. The van der Waals surface area contributed by atoms with Gasteiger partial charge in [-0.15, -0.1) is 0 Å². The molecule has 0 heterocycles. The van der Waals surface area contributed by atoms with Gasteiger partial charge in [0.25, 0.3) is 0 Å². The average Bonchev–Trinajstić information content (AvgIpc) is 2.83. The summed E-state index contributed by atoms with van der Waals surface area (Å²) in [5.74, 6) is 0. The van der Waals surface area contributed by atoms with Gasteiger partial charge in [0.1, 0.15) is 0 Å². The van der Waals surface area contributed by atoms with Crippen molar-refractivity contribution < 1.29 is 0 Å². The zero-order valence-electron chi connectivity index (χ0n) is 17.0. The third-order valence-corrected chi connectivity index (χ3v) is 5.26. The highest BCUT2D eigenvalue weighted by Crippen LogP contribution is 2.28. The lowest BCUT2D eigenvalue weighted by molar-refractivity contribution is 0.595. The van der Waals surface area contributed by atoms with Crippen molar-refractivity contribution in [3.05, 3.63) is 144 Å². The van der Waals surface area contributed by atoms with Crippen LogP contribution < -0.4 is 0 Å². The molecule has 0 radical (unpaired) electrons. The summed E-state index contributed by atoms with van der Waals surface area (Å²) in [5, 5.41) is 9.77. The van der Waals surface area contributed by atoms with Crippen molar-refractivity contribution in [2.45, 2.75) is 24.9 Å². The minimum atomic E-state index is -0.00409. The van der Waals surface area contributed by atoms with Gasteiger partial charge in [0.15, 0.2) is 0 Å². The molecule has 4 aromatic carbocycles. The molecular formula is C28H26N2. The molecule has 0 saturated heterocycles. The van der Waals surface area contributed by atoms with Crippen LogP contribution in [0.3, 0.4) is 0 Å². The normalized spacial score (nSPS) is 13.2. The highest BCUT2D eigenvalue weighted by Gasteiger charge is 2.15. The summed E-state index contributed by atoms with van der Waals surface area (Å²) < 4.78 is 0. The van der Waals surface area contributed by atoms with Crippen LogP contribution in [0, 0.1) is 0 Å². The van der Waals surface area contributed by atoms with Crippen LogP contribution in [0.2, 0.25) is 0 Å². The van der Waals surface area contributed by atoms with Gasteiger partial charge in [0.05, 0.1) is 12.1 Å². The van der Waals surface area contributed by atoms with E-state index in [1.165, 1.54) is 22.3 Å². The van der Waals surface area contributed by atoms with Crippen LogP contribution in [0.4, 0.5) is 0 Å². The Kier molecular flexibility index (Phi) is 6.80. The molecule has 0 aliphatic rings. The fraction of sp³-hybridized carbons (Fsp3) is 0.143. The van der Waals surface area contributed by atoms with E-state index in [0.717, 1.165) is 12.8 Å². The van der Waals surface area contributed by atoms with Gasteiger partial charge >= 0.3 is 0 Å². The minimum Gasteiger partial charge on any atom is -0.185 e. The Hall–Kier alpha value is -3.52. The average molecular weight is 391 g/mol. The standard InChI is InChI=1S/C28H26N2/c1-5-13-23(14-6-1)21-27(25-17-9-3-10-18-25)29-30-28(26-19-11-4-12-20-26)22-24-15-7-2-8-16-24/h1-20,27-28H,21-22H2. The lowest BCUT2D eigenvalue weighted by Crippen LogP contribution is -2.03. The van der Waals surface area contributed by atoms with Crippen molar-refractivity contribution >= 4 is 0 Å². The maximum atomic E-state index is 4.89. The van der Waals surface area contributed by atoms with E-state index in [1.54, 1.807) is 0 Å². The van der Waals surface area contributed by atoms with Gasteiger partial charge in [-0.05, 0) is 22.3 Å². The molecule has 0 saturated carbocycles. The van der Waals surface area contributed by atoms with Gasteiger partial charge in [-0.3, -0.25) is 0 Å². The molecule has 0 spiro atoms. The molecule has 0 fully saturated rings. The van der Waals surface area contributed by atoms with E-state index >= 15 is 0 Å². The van der Waals surface area contributed by atoms with Gasteiger partial charge in [-0.25, -0.2) is 0 Å². The molecule has 2 atom stereocenters. The van der Waals surface area contributed by atoms with Crippen molar-refractivity contribution in [3.8, 4) is 0 Å². The second-order valence-electron chi connectivity index (χ2n) is 7.46. The topological polar surface area (TPSA) is 24.7 Å². The fourth-order valence-electron chi connectivity index (χ4n) is 3.64. The molecule has 0 bridgehead atoms. The molecule has 2 unspecified atom stereocenters. The highest BCUT2D eigenvalue weighted by atomic mass is 15.1. The van der Waals surface area contributed by atoms with Crippen LogP contribution in [-0.4, -0.2) is 0 Å². The number of hydrogen-bond donors (Lipinski definition) is 0. The lowest BCUT2D eigenvalue weighted by Gasteiger charge is -2.16. The summed E-state index contributed by atoms with van der Waals surface area (Å²) in [5.41, 5.74) is 4.92. The van der Waals surface area contributed by atoms with Gasteiger partial charge in [-0.1, -0.05) is 121 Å². The van der Waals surface area contributed by atoms with Gasteiger partial charge in [-0.2, -0.15) is 10.2 Å². The van der Waals surface area contributed by atoms with Gasteiger partial charge < -0.3 is 0 Å². The van der Waals surface area contributed by atoms with Crippen molar-refractivity contribution in [3.63, 3.8) is 0 Å². The van der Waals surface area contributed by atoms with E-state index in [9.17, 15) is 0 Å². The van der Waals surface area contributed by atoms with Crippen LogP contribution in [0.15, 0.2) is 132 Å². The quantitative estimate of drug-likeness (QED) is 0.280. The Bertz CT molecular complexity index is 942. The predicted octanol–water partition coefficient (Wildman–Crippen LogP) is 7.41. The summed E-state index contributed by atoms with van der Waals surface area (Å²) >= 11 is 0. The van der Waals surface area contributed by atoms with Crippen LogP contribution in [0.1, 0.15) is 34.3 Å². The number of benzene rings is 4. The van der Waals surface area contributed by atoms with Crippen LogP contribution in [0.5, 0.6) is 0 Å². The summed E-state index contributed by atoms with van der Waals surface area (Å²) in [7, 11) is 0. The summed E-state index contributed by atoms with van der Waals surface area (Å²) in [4.78, 5) is 0. The molecule has 2 nitrogen and oxygen atoms in total. The molecule has 0 aliphatic carbocycles. The monoisotopic (exact) mass is 390 g/mol. The third-order valence-electron chi connectivity index (χ3n) is 5.26. The van der Waals surface area contributed by atoms with Crippen LogP contribution in [0.25, 0.3) is 0 Å². The first-order valence-electron chi connectivity index (χ1n) is 10.5. The van der Waals surface area contributed by atoms with E-state index in [4.69, 9.17) is 10.2 Å². The van der Waals surface area contributed by atoms with E-state index < -0.39 is 0 Å². The van der Waals surface area contributed by atoms with Crippen molar-refractivity contribution in [2.24, 2.45) is 10.2 Å². The summed E-state index contributed by atoms with van der Waals surface area (Å²) in [6.45, 7) is 0. The van der Waals surface area contributed by atoms with Crippen molar-refractivity contribution in [2.75, 3.05) is 0 Å². The number of hydrogen-bond acceptors (Lipinski definition) is 2. The number of rotatable bonds is 8. The largest absolute Gasteiger partial charge is 0.185 e. The molecule has 30 heavy (non-hydrogen) atoms. The molecular weight excluding hydrogens is 364 g/mol. The first-order valence-corrected chi connectivity index (χ1v) is 10.5. The molecule has 0 aliphatic heterocycles. The second kappa shape index (κ2) is 10.3. The van der Waals surface area contributed by atoms with Crippen LogP contribution in [-0.2, 0) is 12.8 Å². The lowest BCUT2D eigenvalue weighted by atomic mass is 9.99. The van der Waals surface area contributed by atoms with Crippen molar-refractivity contribution in [1.82, 2.24) is 0 Å². The van der Waals surface area contributed by atoms with E-state index in [2.05, 4.69) is 97.1 Å². The van der Waals surface area contributed by atoms with E-state index in [0.29, 0.717) is 0 Å². The third kappa shape index (κ3) is 5.51.